The van der Waals surface area contributed by atoms with E-state index >= 15 is 0 Å². The van der Waals surface area contributed by atoms with Gasteiger partial charge in [-0.3, -0.25) is 9.78 Å². The summed E-state index contributed by atoms with van der Waals surface area (Å²) in [6.45, 7) is 6.35. The molecule has 2 aromatic rings. The normalized spacial score (nSPS) is 12.2. The highest BCUT2D eigenvalue weighted by Crippen LogP contribution is 2.19. The Morgan fingerprint density at radius 2 is 1.96 bits per heavy atom. The third-order valence-corrected chi connectivity index (χ3v) is 4.17. The maximum absolute atomic E-state index is 12.4. The summed E-state index contributed by atoms with van der Waals surface area (Å²) in [7, 11) is 0. The molecule has 1 aromatic carbocycles. The second-order valence-corrected chi connectivity index (χ2v) is 6.63. The second kappa shape index (κ2) is 8.27. The van der Waals surface area contributed by atoms with Crippen molar-refractivity contribution >= 4 is 17.5 Å². The number of carbonyl (C=O) groups excluding carboxylic acids is 1. The van der Waals surface area contributed by atoms with Crippen LogP contribution in [-0.4, -0.2) is 22.5 Å². The Kier molecular flexibility index (Phi) is 6.35. The monoisotopic (exact) mass is 346 g/mol. The Morgan fingerprint density at radius 3 is 2.58 bits per heavy atom. The van der Waals surface area contributed by atoms with Gasteiger partial charge < -0.3 is 10.4 Å². The summed E-state index contributed by atoms with van der Waals surface area (Å²) in [5, 5.41) is 13.7. The number of benzene rings is 1. The van der Waals surface area contributed by atoms with E-state index in [1.54, 1.807) is 30.5 Å². The molecule has 0 saturated heterocycles. The molecule has 1 aromatic heterocycles. The minimum atomic E-state index is -0.632. The number of aromatic nitrogens is 1. The van der Waals surface area contributed by atoms with Gasteiger partial charge in [-0.15, -0.1) is 0 Å². The molecule has 0 bridgehead atoms. The van der Waals surface area contributed by atoms with E-state index in [1.165, 1.54) is 0 Å². The lowest BCUT2D eigenvalue weighted by Crippen LogP contribution is -2.26. The Hall–Kier alpha value is -1.91. The fourth-order valence-corrected chi connectivity index (χ4v) is 2.50. The summed E-state index contributed by atoms with van der Waals surface area (Å²) in [5.74, 6) is 0.129. The first-order valence-electron chi connectivity index (χ1n) is 8.06. The molecule has 0 aliphatic rings. The number of nitrogens with zero attached hydrogens (tertiary/aromatic N) is 1. The lowest BCUT2D eigenvalue weighted by molar-refractivity contribution is 0.0942. The van der Waals surface area contributed by atoms with Crippen LogP contribution in [0.15, 0.2) is 36.5 Å². The van der Waals surface area contributed by atoms with Crippen LogP contribution in [0.25, 0.3) is 0 Å². The van der Waals surface area contributed by atoms with Gasteiger partial charge in [-0.25, -0.2) is 0 Å². The molecule has 1 heterocycles. The Labute approximate surface area is 147 Å². The Bertz CT molecular complexity index is 699. The van der Waals surface area contributed by atoms with Crippen molar-refractivity contribution in [2.45, 2.75) is 39.2 Å². The van der Waals surface area contributed by atoms with Crippen molar-refractivity contribution in [3.05, 3.63) is 63.9 Å². The molecule has 4 nitrogen and oxygen atoms in total. The van der Waals surface area contributed by atoms with Crippen LogP contribution in [-0.2, 0) is 0 Å². The average Bonchev–Trinajstić information content (AvgIpc) is 2.55. The molecule has 5 heteroatoms. The minimum absolute atomic E-state index is 0.139. The lowest BCUT2D eigenvalue weighted by Gasteiger charge is -2.13. The van der Waals surface area contributed by atoms with Crippen LogP contribution >= 0.6 is 11.6 Å². The van der Waals surface area contributed by atoms with Crippen LogP contribution in [0.4, 0.5) is 0 Å². The number of halogens is 1. The molecule has 2 rings (SSSR count). The molecule has 0 aliphatic heterocycles. The number of rotatable bonds is 6. The highest BCUT2D eigenvalue weighted by molar-refractivity contribution is 6.30. The molecule has 0 radical (unpaired) electrons. The van der Waals surface area contributed by atoms with Crippen molar-refractivity contribution in [3.8, 4) is 0 Å². The topological polar surface area (TPSA) is 62.2 Å². The van der Waals surface area contributed by atoms with Crippen LogP contribution in [0.1, 0.15) is 59.5 Å². The number of hydrogen-bond donors (Lipinski definition) is 2. The Morgan fingerprint density at radius 1 is 1.29 bits per heavy atom. The highest BCUT2D eigenvalue weighted by atomic mass is 35.5. The average molecular weight is 347 g/mol. The molecule has 0 fully saturated rings. The summed E-state index contributed by atoms with van der Waals surface area (Å²) >= 11 is 5.84. The maximum atomic E-state index is 12.4. The van der Waals surface area contributed by atoms with Gasteiger partial charge in [0.25, 0.3) is 5.91 Å². The molecule has 0 saturated carbocycles. The first-order valence-corrected chi connectivity index (χ1v) is 8.44. The predicted molar refractivity (Wildman–Crippen MR) is 96.4 cm³/mol. The zero-order valence-corrected chi connectivity index (χ0v) is 15.0. The summed E-state index contributed by atoms with van der Waals surface area (Å²) in [6.07, 6.45) is 1.54. The van der Waals surface area contributed by atoms with E-state index < -0.39 is 6.10 Å². The fourth-order valence-electron chi connectivity index (χ4n) is 2.37. The Balaban J connectivity index is 1.93. The zero-order chi connectivity index (χ0) is 17.7. The van der Waals surface area contributed by atoms with Crippen molar-refractivity contribution in [1.82, 2.24) is 10.3 Å². The number of aliphatic hydroxyl groups is 1. The zero-order valence-electron chi connectivity index (χ0n) is 14.2. The number of carbonyl (C=O) groups is 1. The SMILES string of the molecule is Cc1cnc(C(C)C)cc1C(=O)NCC[C@@H](O)c1ccc(Cl)cc1. The van der Waals surface area contributed by atoms with Gasteiger partial charge in [0, 0.05) is 29.0 Å². The summed E-state index contributed by atoms with van der Waals surface area (Å²) in [4.78, 5) is 16.7. The van der Waals surface area contributed by atoms with Crippen LogP contribution in [0.2, 0.25) is 5.02 Å². The van der Waals surface area contributed by atoms with Gasteiger partial charge in [0.05, 0.1) is 6.10 Å². The van der Waals surface area contributed by atoms with E-state index in [1.807, 2.05) is 26.8 Å². The molecule has 24 heavy (non-hydrogen) atoms. The lowest BCUT2D eigenvalue weighted by atomic mass is 10.0. The number of aryl methyl sites for hydroxylation is 1. The summed E-state index contributed by atoms with van der Waals surface area (Å²) in [6, 6.07) is 8.90. The predicted octanol–water partition coefficient (Wildman–Crippen LogP) is 4.02. The van der Waals surface area contributed by atoms with Crippen LogP contribution in [0, 0.1) is 6.92 Å². The van der Waals surface area contributed by atoms with E-state index in [4.69, 9.17) is 11.6 Å². The van der Waals surface area contributed by atoms with E-state index in [2.05, 4.69) is 10.3 Å². The molecular weight excluding hydrogens is 324 g/mol. The van der Waals surface area contributed by atoms with Gasteiger partial charge in [0.2, 0.25) is 0 Å². The van der Waals surface area contributed by atoms with E-state index in [0.717, 1.165) is 16.8 Å². The van der Waals surface area contributed by atoms with Crippen LogP contribution < -0.4 is 5.32 Å². The molecule has 1 atom stereocenters. The molecular formula is C19H23ClN2O2. The van der Waals surface area contributed by atoms with Gasteiger partial charge in [-0.1, -0.05) is 37.6 Å². The first kappa shape index (κ1) is 18.4. The van der Waals surface area contributed by atoms with Gasteiger partial charge in [-0.05, 0) is 48.6 Å². The number of hydrogen-bond acceptors (Lipinski definition) is 3. The number of pyridine rings is 1. The fraction of sp³-hybridized carbons (Fsp3) is 0.368. The third-order valence-electron chi connectivity index (χ3n) is 3.92. The summed E-state index contributed by atoms with van der Waals surface area (Å²) < 4.78 is 0. The molecule has 128 valence electrons. The standard InChI is InChI=1S/C19H23ClN2O2/c1-12(2)17-10-16(13(3)11-22-17)19(24)21-9-8-18(23)14-4-6-15(20)7-5-14/h4-7,10-12,18,23H,8-9H2,1-3H3,(H,21,24)/t18-/m1/s1. The van der Waals surface area contributed by atoms with Crippen LogP contribution in [0.5, 0.6) is 0 Å². The number of aliphatic hydroxyl groups excluding tert-OH is 1. The van der Waals surface area contributed by atoms with Gasteiger partial charge in [0.1, 0.15) is 0 Å². The van der Waals surface area contributed by atoms with Gasteiger partial charge in [0.15, 0.2) is 0 Å². The van der Waals surface area contributed by atoms with Gasteiger partial charge in [-0.2, -0.15) is 0 Å². The highest BCUT2D eigenvalue weighted by Gasteiger charge is 2.13. The van der Waals surface area contributed by atoms with Crippen molar-refractivity contribution in [1.29, 1.82) is 0 Å². The molecule has 0 aliphatic carbocycles. The van der Waals surface area contributed by atoms with Crippen molar-refractivity contribution in [2.24, 2.45) is 0 Å². The first-order chi connectivity index (χ1) is 11.4. The van der Waals surface area contributed by atoms with Crippen molar-refractivity contribution < 1.29 is 9.90 Å². The maximum Gasteiger partial charge on any atom is 0.251 e. The summed E-state index contributed by atoms with van der Waals surface area (Å²) in [5.41, 5.74) is 3.16. The quantitative estimate of drug-likeness (QED) is 0.830. The number of nitrogens with one attached hydrogen (secondary N) is 1. The number of amides is 1. The van der Waals surface area contributed by atoms with Gasteiger partial charge >= 0.3 is 0 Å². The smallest absolute Gasteiger partial charge is 0.251 e. The molecule has 1 amide bonds. The molecule has 2 N–H and O–H groups in total. The van der Waals surface area contributed by atoms with Crippen molar-refractivity contribution in [2.75, 3.05) is 6.54 Å². The molecule has 0 spiro atoms. The van der Waals surface area contributed by atoms with E-state index in [0.29, 0.717) is 23.6 Å². The minimum Gasteiger partial charge on any atom is -0.388 e. The van der Waals surface area contributed by atoms with Crippen LogP contribution in [0.3, 0.4) is 0 Å². The third kappa shape index (κ3) is 4.79. The molecule has 0 unspecified atom stereocenters. The van der Waals surface area contributed by atoms with E-state index in [9.17, 15) is 9.90 Å². The van der Waals surface area contributed by atoms with Crippen molar-refractivity contribution in [3.63, 3.8) is 0 Å². The van der Waals surface area contributed by atoms with E-state index in [-0.39, 0.29) is 11.8 Å². The largest absolute Gasteiger partial charge is 0.388 e. The second-order valence-electron chi connectivity index (χ2n) is 6.19.